The fraction of sp³-hybridized carbons (Fsp3) is 0.462. The molecule has 1 aromatic rings. The highest BCUT2D eigenvalue weighted by Gasteiger charge is 2.21. The minimum atomic E-state index is 0.299. The lowest BCUT2D eigenvalue weighted by Gasteiger charge is -2.14. The molecule has 1 heterocycles. The topological polar surface area (TPSA) is 45.0 Å². The summed E-state index contributed by atoms with van der Waals surface area (Å²) in [5, 5.41) is 12.1. The third kappa shape index (κ3) is 3.21. The summed E-state index contributed by atoms with van der Waals surface area (Å²) < 4.78 is 6.66. The summed E-state index contributed by atoms with van der Waals surface area (Å²) in [5.74, 6) is 0. The predicted octanol–water partition coefficient (Wildman–Crippen LogP) is 3.30. The van der Waals surface area contributed by atoms with Gasteiger partial charge >= 0.3 is 0 Å². The minimum absolute atomic E-state index is 0.299. The van der Waals surface area contributed by atoms with E-state index < -0.39 is 0 Å². The molecule has 1 aliphatic rings. The molecule has 2 atom stereocenters. The van der Waals surface area contributed by atoms with Gasteiger partial charge in [0.25, 0.3) is 0 Å². The second-order valence-electron chi connectivity index (χ2n) is 4.33. The van der Waals surface area contributed by atoms with Crippen molar-refractivity contribution < 1.29 is 4.74 Å². The van der Waals surface area contributed by atoms with E-state index in [0.29, 0.717) is 17.8 Å². The molecule has 0 saturated carbocycles. The van der Waals surface area contributed by atoms with Gasteiger partial charge < -0.3 is 10.1 Å². The Morgan fingerprint density at radius 2 is 2.35 bits per heavy atom. The second kappa shape index (κ2) is 5.52. The van der Waals surface area contributed by atoms with Gasteiger partial charge in [-0.2, -0.15) is 5.26 Å². The quantitative estimate of drug-likeness (QED) is 0.930. The number of nitrogens with one attached hydrogen (secondary N) is 1. The van der Waals surface area contributed by atoms with E-state index in [-0.39, 0.29) is 0 Å². The van der Waals surface area contributed by atoms with Crippen LogP contribution in [0.5, 0.6) is 0 Å². The van der Waals surface area contributed by atoms with Crippen molar-refractivity contribution in [2.24, 2.45) is 0 Å². The lowest BCUT2D eigenvalue weighted by Crippen LogP contribution is -2.19. The summed E-state index contributed by atoms with van der Waals surface area (Å²) in [6.45, 7) is 2.92. The molecule has 4 heteroatoms. The molecule has 2 unspecified atom stereocenters. The SMILES string of the molecule is CC1CCC(CNc2ccc(C#N)cc2Br)O1. The van der Waals surface area contributed by atoms with Crippen LogP contribution in [0.15, 0.2) is 22.7 Å². The molecule has 2 rings (SSSR count). The van der Waals surface area contributed by atoms with Gasteiger partial charge in [-0.05, 0) is 53.9 Å². The van der Waals surface area contributed by atoms with Gasteiger partial charge in [0.15, 0.2) is 0 Å². The maximum atomic E-state index is 8.77. The molecule has 1 aromatic carbocycles. The third-order valence-corrected chi connectivity index (χ3v) is 3.59. The number of nitriles is 1. The van der Waals surface area contributed by atoms with Gasteiger partial charge in [0.1, 0.15) is 0 Å². The van der Waals surface area contributed by atoms with Crippen molar-refractivity contribution in [3.05, 3.63) is 28.2 Å². The van der Waals surface area contributed by atoms with Gasteiger partial charge in [-0.25, -0.2) is 0 Å². The maximum Gasteiger partial charge on any atom is 0.0992 e. The first-order valence-electron chi connectivity index (χ1n) is 5.78. The standard InChI is InChI=1S/C13H15BrN2O/c1-9-2-4-11(17-9)8-16-13-5-3-10(7-15)6-12(13)14/h3,5-6,9,11,16H,2,4,8H2,1H3. The first kappa shape index (κ1) is 12.4. The van der Waals surface area contributed by atoms with Gasteiger partial charge in [-0.15, -0.1) is 0 Å². The molecule has 1 saturated heterocycles. The third-order valence-electron chi connectivity index (χ3n) is 2.94. The summed E-state index contributed by atoms with van der Waals surface area (Å²) in [5.41, 5.74) is 1.67. The monoisotopic (exact) mass is 294 g/mol. The van der Waals surface area contributed by atoms with Gasteiger partial charge in [0.05, 0.1) is 23.8 Å². The molecule has 0 bridgehead atoms. The molecular formula is C13H15BrN2O. The van der Waals surface area contributed by atoms with Crippen LogP contribution in [0.2, 0.25) is 0 Å². The Balaban J connectivity index is 1.93. The molecule has 0 spiro atoms. The normalized spacial score (nSPS) is 23.4. The van der Waals surface area contributed by atoms with E-state index in [1.807, 2.05) is 18.2 Å². The van der Waals surface area contributed by atoms with Crippen molar-refractivity contribution in [2.45, 2.75) is 32.0 Å². The fourth-order valence-corrected chi connectivity index (χ4v) is 2.51. The van der Waals surface area contributed by atoms with Crippen molar-refractivity contribution in [3.8, 4) is 6.07 Å². The average Bonchev–Trinajstić information content (AvgIpc) is 2.73. The average molecular weight is 295 g/mol. The summed E-state index contributed by atoms with van der Waals surface area (Å²) in [6.07, 6.45) is 2.93. The number of ether oxygens (including phenoxy) is 1. The van der Waals surface area contributed by atoms with Crippen LogP contribution in [-0.4, -0.2) is 18.8 Å². The van der Waals surface area contributed by atoms with Gasteiger partial charge in [-0.1, -0.05) is 0 Å². The lowest BCUT2D eigenvalue weighted by atomic mass is 10.2. The Morgan fingerprint density at radius 1 is 1.53 bits per heavy atom. The first-order valence-corrected chi connectivity index (χ1v) is 6.57. The number of rotatable bonds is 3. The molecule has 0 aliphatic carbocycles. The van der Waals surface area contributed by atoms with Crippen molar-refractivity contribution >= 4 is 21.6 Å². The molecule has 17 heavy (non-hydrogen) atoms. The van der Waals surface area contributed by atoms with Gasteiger partial charge in [0.2, 0.25) is 0 Å². The molecule has 90 valence electrons. The minimum Gasteiger partial charge on any atom is -0.382 e. The van der Waals surface area contributed by atoms with Crippen LogP contribution in [0.1, 0.15) is 25.3 Å². The summed E-state index contributed by atoms with van der Waals surface area (Å²) in [6, 6.07) is 7.66. The van der Waals surface area contributed by atoms with Crippen LogP contribution >= 0.6 is 15.9 Å². The zero-order valence-electron chi connectivity index (χ0n) is 9.74. The number of anilines is 1. The molecular weight excluding hydrogens is 280 g/mol. The molecule has 0 aromatic heterocycles. The van der Waals surface area contributed by atoms with Crippen LogP contribution in [0.25, 0.3) is 0 Å². The zero-order chi connectivity index (χ0) is 12.3. The Bertz CT molecular complexity index is 442. The molecule has 0 radical (unpaired) electrons. The van der Waals surface area contributed by atoms with E-state index in [4.69, 9.17) is 10.00 Å². The van der Waals surface area contributed by atoms with Gasteiger partial charge in [-0.3, -0.25) is 0 Å². The van der Waals surface area contributed by atoms with Crippen molar-refractivity contribution in [3.63, 3.8) is 0 Å². The van der Waals surface area contributed by atoms with Crippen molar-refractivity contribution in [1.82, 2.24) is 0 Å². The summed E-state index contributed by atoms with van der Waals surface area (Å²) in [7, 11) is 0. The number of halogens is 1. The van der Waals surface area contributed by atoms with Crippen molar-refractivity contribution in [2.75, 3.05) is 11.9 Å². The van der Waals surface area contributed by atoms with E-state index in [1.54, 1.807) is 0 Å². The number of hydrogen-bond donors (Lipinski definition) is 1. The highest BCUT2D eigenvalue weighted by atomic mass is 79.9. The number of benzene rings is 1. The molecule has 3 nitrogen and oxygen atoms in total. The van der Waals surface area contributed by atoms with E-state index in [9.17, 15) is 0 Å². The van der Waals surface area contributed by atoms with Gasteiger partial charge in [0, 0.05) is 16.7 Å². The lowest BCUT2D eigenvalue weighted by molar-refractivity contribution is 0.0637. The van der Waals surface area contributed by atoms with Crippen LogP contribution in [0, 0.1) is 11.3 Å². The molecule has 1 N–H and O–H groups in total. The fourth-order valence-electron chi connectivity index (χ4n) is 1.99. The predicted molar refractivity (Wildman–Crippen MR) is 70.9 cm³/mol. The van der Waals surface area contributed by atoms with Crippen LogP contribution in [0.4, 0.5) is 5.69 Å². The Hall–Kier alpha value is -1.05. The summed E-state index contributed by atoms with van der Waals surface area (Å²) in [4.78, 5) is 0. The molecule has 1 fully saturated rings. The molecule has 0 amide bonds. The van der Waals surface area contributed by atoms with E-state index in [2.05, 4.69) is 34.2 Å². The highest BCUT2D eigenvalue weighted by molar-refractivity contribution is 9.10. The number of nitrogens with zero attached hydrogens (tertiary/aromatic N) is 1. The highest BCUT2D eigenvalue weighted by Crippen LogP contribution is 2.25. The Kier molecular flexibility index (Phi) is 4.03. The second-order valence-corrected chi connectivity index (χ2v) is 5.19. The van der Waals surface area contributed by atoms with Crippen molar-refractivity contribution in [1.29, 1.82) is 5.26 Å². The maximum absolute atomic E-state index is 8.77. The first-order chi connectivity index (χ1) is 8.19. The number of hydrogen-bond acceptors (Lipinski definition) is 3. The van der Waals surface area contributed by atoms with E-state index >= 15 is 0 Å². The van der Waals surface area contributed by atoms with Crippen LogP contribution in [0.3, 0.4) is 0 Å². The van der Waals surface area contributed by atoms with E-state index in [1.165, 1.54) is 0 Å². The smallest absolute Gasteiger partial charge is 0.0992 e. The summed E-state index contributed by atoms with van der Waals surface area (Å²) >= 11 is 3.45. The largest absolute Gasteiger partial charge is 0.382 e. The van der Waals surface area contributed by atoms with Crippen LogP contribution < -0.4 is 5.32 Å². The zero-order valence-corrected chi connectivity index (χ0v) is 11.3. The Morgan fingerprint density at radius 3 is 2.94 bits per heavy atom. The van der Waals surface area contributed by atoms with E-state index in [0.717, 1.165) is 29.5 Å². The Labute approximate surface area is 110 Å². The molecule has 1 aliphatic heterocycles. The van der Waals surface area contributed by atoms with Crippen LogP contribution in [-0.2, 0) is 4.74 Å².